The van der Waals surface area contributed by atoms with Gasteiger partial charge < -0.3 is 18.6 Å². The van der Waals surface area contributed by atoms with Gasteiger partial charge >= 0.3 is 5.97 Å². The largest absolute Gasteiger partial charge is 0.748 e. The maximum absolute atomic E-state index is 10.7. The Kier molecular flexibility index (Phi) is 5.98. The van der Waals surface area contributed by atoms with E-state index in [1.165, 1.54) is 0 Å². The van der Waals surface area contributed by atoms with Crippen LogP contribution in [-0.4, -0.2) is 67.3 Å². The molecule has 0 bridgehead atoms. The van der Waals surface area contributed by atoms with Gasteiger partial charge in [0, 0.05) is 0 Å². The standard InChI is InChI=1S/C11H21NO5S/c1-9(2)11(13)17-7-6-12(4,5)10(3)8-18(14,15)16/h10H,1,6-8H2,2-5H3/p+1. The number of nitrogens with zero attached hydrogens (tertiary/aromatic N) is 1. The van der Waals surface area contributed by atoms with E-state index in [1.807, 2.05) is 0 Å². The van der Waals surface area contributed by atoms with Gasteiger partial charge in [-0.3, -0.25) is 0 Å². The van der Waals surface area contributed by atoms with Gasteiger partial charge in [-0.1, -0.05) is 6.58 Å². The summed E-state index contributed by atoms with van der Waals surface area (Å²) in [4.78, 5) is 9.29. The first-order valence-corrected chi connectivity index (χ1v) is 7.14. The van der Waals surface area contributed by atoms with Crippen LogP contribution in [0.2, 0.25) is 0 Å². The Morgan fingerprint density at radius 2 is 2.00 bits per heavy atom. The number of esters is 1. The summed E-state index contributed by atoms with van der Waals surface area (Å²) in [6.45, 7) is 7.50. The average molecular weight is 280 g/mol. The summed E-state index contributed by atoms with van der Waals surface area (Å²) in [6.07, 6.45) is 0. The summed E-state index contributed by atoms with van der Waals surface area (Å²) in [5, 5.41) is 0. The SMILES string of the molecule is C=C(C)C(=[OH+])OCC[N+](C)(C)C(C)CS(=O)(=O)[O-]. The fourth-order valence-electron chi connectivity index (χ4n) is 1.22. The van der Waals surface area contributed by atoms with Crippen LogP contribution in [0.15, 0.2) is 12.2 Å². The van der Waals surface area contributed by atoms with E-state index >= 15 is 0 Å². The lowest BCUT2D eigenvalue weighted by molar-refractivity contribution is -0.910. The molecule has 0 saturated carbocycles. The normalized spacial score (nSPS) is 14.1. The lowest BCUT2D eigenvalue weighted by atomic mass is 10.3. The van der Waals surface area contributed by atoms with Gasteiger partial charge in [0.05, 0.1) is 31.5 Å². The van der Waals surface area contributed by atoms with Crippen LogP contribution < -0.4 is 0 Å². The van der Waals surface area contributed by atoms with Crippen molar-refractivity contribution in [2.75, 3.05) is 33.0 Å². The number of carbonyl (C=O) groups excluding carboxylic acids is 1. The molecule has 1 unspecified atom stereocenters. The second kappa shape index (κ2) is 6.31. The predicted molar refractivity (Wildman–Crippen MR) is 68.7 cm³/mol. The summed E-state index contributed by atoms with van der Waals surface area (Å²) in [5.74, 6) is -0.644. The molecule has 106 valence electrons. The second-order valence-corrected chi connectivity index (χ2v) is 6.46. The lowest BCUT2D eigenvalue weighted by Gasteiger charge is -2.35. The van der Waals surface area contributed by atoms with Crippen molar-refractivity contribution in [1.82, 2.24) is 0 Å². The van der Waals surface area contributed by atoms with Gasteiger partial charge in [0.2, 0.25) is 6.61 Å². The predicted octanol–water partition coefficient (Wildman–Crippen LogP) is 0.0916. The van der Waals surface area contributed by atoms with Crippen LogP contribution >= 0.6 is 0 Å². The minimum absolute atomic E-state index is 0.217. The monoisotopic (exact) mass is 280 g/mol. The highest BCUT2D eigenvalue weighted by molar-refractivity contribution is 7.85. The van der Waals surface area contributed by atoms with Crippen LogP contribution in [-0.2, 0) is 14.9 Å². The number of rotatable bonds is 7. The fourth-order valence-corrected chi connectivity index (χ4v) is 2.21. The highest BCUT2D eigenvalue weighted by Crippen LogP contribution is 2.08. The summed E-state index contributed by atoms with van der Waals surface area (Å²) in [5.41, 5.74) is 0.426. The zero-order chi connectivity index (χ0) is 14.6. The van der Waals surface area contributed by atoms with Crippen molar-refractivity contribution in [3.05, 3.63) is 12.2 Å². The lowest BCUT2D eigenvalue weighted by Crippen LogP contribution is -2.52. The number of likely N-dealkylation sites (N-methyl/N-ethyl adjacent to an activating group) is 1. The van der Waals surface area contributed by atoms with E-state index in [1.54, 1.807) is 27.9 Å². The number of hydrogen-bond acceptors (Lipinski definition) is 4. The fraction of sp³-hybridized carbons (Fsp3) is 0.727. The first-order chi connectivity index (χ1) is 7.96. The van der Waals surface area contributed by atoms with Crippen molar-refractivity contribution in [1.29, 1.82) is 0 Å². The molecule has 1 N–H and O–H groups in total. The number of quaternary nitrogens is 1. The van der Waals surface area contributed by atoms with E-state index in [-0.39, 0.29) is 18.6 Å². The van der Waals surface area contributed by atoms with Crippen molar-refractivity contribution < 1.29 is 27.0 Å². The van der Waals surface area contributed by atoms with Crippen LogP contribution in [0.5, 0.6) is 0 Å². The minimum atomic E-state index is -4.24. The molecule has 0 aromatic rings. The molecule has 0 aliphatic carbocycles. The molecule has 18 heavy (non-hydrogen) atoms. The van der Waals surface area contributed by atoms with Crippen LogP contribution in [0.4, 0.5) is 0 Å². The molecule has 0 aliphatic heterocycles. The summed E-state index contributed by atoms with van der Waals surface area (Å²) in [7, 11) is -0.631. The summed E-state index contributed by atoms with van der Waals surface area (Å²) < 4.78 is 37.5. The quantitative estimate of drug-likeness (QED) is 0.217. The van der Waals surface area contributed by atoms with E-state index < -0.39 is 15.9 Å². The van der Waals surface area contributed by atoms with Gasteiger partial charge in [-0.15, -0.1) is 0 Å². The Hall–Kier alpha value is -0.920. The molecule has 0 amide bonds. The topological polar surface area (TPSA) is 87.8 Å². The maximum atomic E-state index is 10.7. The van der Waals surface area contributed by atoms with Crippen molar-refractivity contribution in [3.63, 3.8) is 0 Å². The van der Waals surface area contributed by atoms with Crippen molar-refractivity contribution in [2.45, 2.75) is 19.9 Å². The molecule has 0 rings (SSSR count). The highest BCUT2D eigenvalue weighted by Gasteiger charge is 2.27. The minimum Gasteiger partial charge on any atom is -0.748 e. The van der Waals surface area contributed by atoms with Crippen molar-refractivity contribution >= 4 is 16.1 Å². The molecular formula is C11H22NO5S+. The molecule has 0 heterocycles. The molecule has 0 aliphatic rings. The van der Waals surface area contributed by atoms with E-state index in [4.69, 9.17) is 4.74 Å². The first kappa shape index (κ1) is 17.1. The Balaban J connectivity index is 4.31. The van der Waals surface area contributed by atoms with Crippen molar-refractivity contribution in [3.8, 4) is 0 Å². The van der Waals surface area contributed by atoms with E-state index in [9.17, 15) is 17.8 Å². The smallest absolute Gasteiger partial charge is 0.512 e. The van der Waals surface area contributed by atoms with Crippen LogP contribution in [0.3, 0.4) is 0 Å². The Morgan fingerprint density at radius 1 is 1.50 bits per heavy atom. The molecule has 0 saturated heterocycles. The van der Waals surface area contributed by atoms with Gasteiger partial charge in [-0.2, -0.15) is 0 Å². The van der Waals surface area contributed by atoms with Gasteiger partial charge in [0.1, 0.15) is 16.7 Å². The molecule has 1 atom stereocenters. The molecule has 0 radical (unpaired) electrons. The Labute approximate surface area is 109 Å². The third-order valence-corrected chi connectivity index (χ3v) is 3.80. The molecule has 0 aromatic carbocycles. The third kappa shape index (κ3) is 6.73. The molecule has 0 aromatic heterocycles. The van der Waals surface area contributed by atoms with E-state index in [0.717, 1.165) is 0 Å². The van der Waals surface area contributed by atoms with Gasteiger partial charge in [-0.05, 0) is 13.8 Å². The molecular weight excluding hydrogens is 258 g/mol. The molecule has 7 heteroatoms. The van der Waals surface area contributed by atoms with Crippen LogP contribution in [0.1, 0.15) is 13.8 Å². The summed E-state index contributed by atoms with van der Waals surface area (Å²) in [6, 6.07) is -0.344. The Morgan fingerprint density at radius 3 is 2.39 bits per heavy atom. The first-order valence-electron chi connectivity index (χ1n) is 5.56. The molecule has 0 spiro atoms. The Bertz CT molecular complexity index is 413. The molecule has 6 nitrogen and oxygen atoms in total. The zero-order valence-corrected chi connectivity index (χ0v) is 12.2. The van der Waals surface area contributed by atoms with E-state index in [0.29, 0.717) is 16.6 Å². The van der Waals surface area contributed by atoms with E-state index in [2.05, 4.69) is 6.58 Å². The van der Waals surface area contributed by atoms with Gasteiger partial charge in [0.25, 0.3) is 0 Å². The maximum Gasteiger partial charge on any atom is 0.512 e. The average Bonchev–Trinajstić information content (AvgIpc) is 2.14. The third-order valence-electron chi connectivity index (χ3n) is 2.91. The van der Waals surface area contributed by atoms with Gasteiger partial charge in [0.15, 0.2) is 0 Å². The van der Waals surface area contributed by atoms with Crippen molar-refractivity contribution in [2.24, 2.45) is 0 Å². The highest BCUT2D eigenvalue weighted by atomic mass is 32.2. The number of hydrogen-bond donors (Lipinski definition) is 0. The summed E-state index contributed by atoms with van der Waals surface area (Å²) >= 11 is 0. The zero-order valence-electron chi connectivity index (χ0n) is 11.3. The van der Waals surface area contributed by atoms with Gasteiger partial charge in [-0.25, -0.2) is 8.42 Å². The van der Waals surface area contributed by atoms with Crippen LogP contribution in [0.25, 0.3) is 0 Å². The number of ether oxygens (including phenoxy) is 1. The van der Waals surface area contributed by atoms with Crippen LogP contribution in [0, 0.1) is 0 Å². The second-order valence-electron chi connectivity index (χ2n) is 5.01. The molecule has 0 fully saturated rings.